The largest absolute Gasteiger partial charge is 0.356 e. The second-order valence-electron chi connectivity index (χ2n) is 7.74. The molecule has 0 spiro atoms. The summed E-state index contributed by atoms with van der Waals surface area (Å²) < 4.78 is 0. The van der Waals surface area contributed by atoms with E-state index >= 15 is 0 Å². The maximum atomic E-state index is 12.6. The maximum Gasteiger partial charge on any atom is 0.317 e. The Hall–Kier alpha value is -2.04. The summed E-state index contributed by atoms with van der Waals surface area (Å²) >= 11 is 0. The highest BCUT2D eigenvalue weighted by molar-refractivity contribution is 5.81. The van der Waals surface area contributed by atoms with Crippen LogP contribution in [0.2, 0.25) is 0 Å². The van der Waals surface area contributed by atoms with Crippen molar-refractivity contribution in [1.82, 2.24) is 15.5 Å². The fraction of sp³-hybridized carbons (Fsp3) is 0.600. The second kappa shape index (κ2) is 7.89. The van der Waals surface area contributed by atoms with Crippen molar-refractivity contribution in [2.45, 2.75) is 45.1 Å². The van der Waals surface area contributed by atoms with Gasteiger partial charge in [-0.2, -0.15) is 0 Å². The van der Waals surface area contributed by atoms with Gasteiger partial charge in [-0.05, 0) is 44.6 Å². The van der Waals surface area contributed by atoms with E-state index in [1.807, 2.05) is 36.9 Å². The van der Waals surface area contributed by atoms with Crippen LogP contribution in [-0.2, 0) is 4.79 Å². The highest BCUT2D eigenvalue weighted by atomic mass is 16.2. The molecule has 25 heavy (non-hydrogen) atoms. The van der Waals surface area contributed by atoms with Gasteiger partial charge in [-0.25, -0.2) is 4.79 Å². The summed E-state index contributed by atoms with van der Waals surface area (Å²) in [5.41, 5.74) is 1.20. The van der Waals surface area contributed by atoms with Crippen molar-refractivity contribution in [2.75, 3.05) is 19.6 Å². The van der Waals surface area contributed by atoms with E-state index in [2.05, 4.69) is 22.8 Å². The van der Waals surface area contributed by atoms with Crippen LogP contribution in [0.15, 0.2) is 30.3 Å². The molecule has 0 radical (unpaired) electrons. The van der Waals surface area contributed by atoms with E-state index < -0.39 is 0 Å². The molecule has 3 rings (SSSR count). The lowest BCUT2D eigenvalue weighted by Gasteiger charge is -2.37. The molecule has 2 fully saturated rings. The van der Waals surface area contributed by atoms with Crippen LogP contribution in [-0.4, -0.2) is 42.5 Å². The first kappa shape index (κ1) is 17.8. The lowest BCUT2D eigenvalue weighted by Crippen LogP contribution is -2.52. The molecule has 1 saturated heterocycles. The van der Waals surface area contributed by atoms with Crippen LogP contribution in [0.1, 0.15) is 44.6 Å². The first-order chi connectivity index (χ1) is 12.0. The number of nitrogens with zero attached hydrogens (tertiary/aromatic N) is 1. The van der Waals surface area contributed by atoms with Crippen LogP contribution in [0.25, 0.3) is 0 Å². The van der Waals surface area contributed by atoms with Gasteiger partial charge in [0.2, 0.25) is 5.91 Å². The molecule has 2 aliphatic rings. The van der Waals surface area contributed by atoms with Crippen molar-refractivity contribution in [3.05, 3.63) is 35.9 Å². The third kappa shape index (κ3) is 4.97. The number of urea groups is 1. The maximum absolute atomic E-state index is 12.6. The van der Waals surface area contributed by atoms with Crippen LogP contribution >= 0.6 is 0 Å². The number of carbonyl (C=O) groups is 2. The Morgan fingerprint density at radius 1 is 1.16 bits per heavy atom. The van der Waals surface area contributed by atoms with Gasteiger partial charge >= 0.3 is 6.03 Å². The molecule has 0 unspecified atom stereocenters. The topological polar surface area (TPSA) is 61.4 Å². The van der Waals surface area contributed by atoms with Crippen molar-refractivity contribution < 1.29 is 9.59 Å². The van der Waals surface area contributed by atoms with Crippen LogP contribution in [0.4, 0.5) is 4.79 Å². The Balaban J connectivity index is 1.70. The predicted octanol–water partition coefficient (Wildman–Crippen LogP) is 2.74. The minimum Gasteiger partial charge on any atom is -0.356 e. The lowest BCUT2D eigenvalue weighted by molar-refractivity contribution is -0.126. The van der Waals surface area contributed by atoms with Gasteiger partial charge in [0.25, 0.3) is 0 Å². The minimum absolute atomic E-state index is 0.0735. The summed E-state index contributed by atoms with van der Waals surface area (Å²) in [5, 5.41) is 6.05. The molecule has 1 aliphatic heterocycles. The number of nitrogens with one attached hydrogen (secondary N) is 2. The Labute approximate surface area is 150 Å². The number of piperidine rings is 1. The number of amides is 3. The Kier molecular flexibility index (Phi) is 5.61. The van der Waals surface area contributed by atoms with Crippen LogP contribution < -0.4 is 10.6 Å². The summed E-state index contributed by atoms with van der Waals surface area (Å²) in [5.74, 6) is 0.813. The van der Waals surface area contributed by atoms with Crippen molar-refractivity contribution in [2.24, 2.45) is 11.8 Å². The summed E-state index contributed by atoms with van der Waals surface area (Å²) in [6.45, 7) is 5.85. The van der Waals surface area contributed by atoms with Gasteiger partial charge in [-0.3, -0.25) is 4.79 Å². The minimum atomic E-state index is -0.143. The van der Waals surface area contributed by atoms with Crippen molar-refractivity contribution in [3.63, 3.8) is 0 Å². The molecule has 5 heteroatoms. The van der Waals surface area contributed by atoms with E-state index in [-0.39, 0.29) is 29.8 Å². The first-order valence-corrected chi connectivity index (χ1v) is 9.41. The van der Waals surface area contributed by atoms with Crippen LogP contribution in [0.3, 0.4) is 0 Å². The predicted molar refractivity (Wildman–Crippen MR) is 98.3 cm³/mol. The van der Waals surface area contributed by atoms with Gasteiger partial charge in [0.15, 0.2) is 0 Å². The summed E-state index contributed by atoms with van der Waals surface area (Å²) in [6, 6.07) is 10.2. The van der Waals surface area contributed by atoms with Crippen LogP contribution in [0.5, 0.6) is 0 Å². The standard InChI is InChI=1S/C20H29N3O2/c1-14(2)22-20(25)23-12-17(16-6-4-3-5-7-16)10-18(13-23)19(24)21-11-15-8-9-15/h3-7,14-15,17-18H,8-13H2,1-2H3,(H,21,24)(H,22,25)/t17-,18+/m1/s1. The number of carbonyl (C=O) groups excluding carboxylic acids is 2. The Morgan fingerprint density at radius 3 is 2.52 bits per heavy atom. The number of benzene rings is 1. The molecule has 1 saturated carbocycles. The molecule has 136 valence electrons. The third-order valence-corrected chi connectivity index (χ3v) is 5.05. The lowest BCUT2D eigenvalue weighted by atomic mass is 9.84. The van der Waals surface area contributed by atoms with E-state index in [4.69, 9.17) is 0 Å². The van der Waals surface area contributed by atoms with Crippen molar-refractivity contribution >= 4 is 11.9 Å². The zero-order chi connectivity index (χ0) is 17.8. The number of rotatable bonds is 5. The van der Waals surface area contributed by atoms with E-state index in [0.29, 0.717) is 19.0 Å². The zero-order valence-corrected chi connectivity index (χ0v) is 15.2. The molecular formula is C20H29N3O2. The average molecular weight is 343 g/mol. The third-order valence-electron chi connectivity index (χ3n) is 5.05. The van der Waals surface area contributed by atoms with E-state index in [1.54, 1.807) is 0 Å². The van der Waals surface area contributed by atoms with Gasteiger partial charge < -0.3 is 15.5 Å². The zero-order valence-electron chi connectivity index (χ0n) is 15.2. The van der Waals surface area contributed by atoms with Gasteiger partial charge in [-0.1, -0.05) is 30.3 Å². The molecule has 1 heterocycles. The molecule has 2 N–H and O–H groups in total. The molecule has 3 amide bonds. The second-order valence-corrected chi connectivity index (χ2v) is 7.74. The molecule has 5 nitrogen and oxygen atoms in total. The van der Waals surface area contributed by atoms with Gasteiger partial charge in [0.1, 0.15) is 0 Å². The van der Waals surface area contributed by atoms with E-state index in [0.717, 1.165) is 13.0 Å². The fourth-order valence-corrected chi connectivity index (χ4v) is 3.47. The van der Waals surface area contributed by atoms with Gasteiger partial charge in [-0.15, -0.1) is 0 Å². The average Bonchev–Trinajstić information content (AvgIpc) is 3.44. The number of likely N-dealkylation sites (tertiary alicyclic amines) is 1. The number of hydrogen-bond donors (Lipinski definition) is 2. The first-order valence-electron chi connectivity index (χ1n) is 9.41. The van der Waals surface area contributed by atoms with E-state index in [1.165, 1.54) is 18.4 Å². The summed E-state index contributed by atoms with van der Waals surface area (Å²) in [7, 11) is 0. The molecule has 2 atom stereocenters. The van der Waals surface area contributed by atoms with Gasteiger partial charge in [0, 0.05) is 31.6 Å². The smallest absolute Gasteiger partial charge is 0.317 e. The van der Waals surface area contributed by atoms with Gasteiger partial charge in [0.05, 0.1) is 5.92 Å². The molecular weight excluding hydrogens is 314 g/mol. The molecule has 1 aromatic carbocycles. The van der Waals surface area contributed by atoms with Crippen molar-refractivity contribution in [3.8, 4) is 0 Å². The van der Waals surface area contributed by atoms with Crippen LogP contribution in [0, 0.1) is 11.8 Å². The summed E-state index contributed by atoms with van der Waals surface area (Å²) in [4.78, 5) is 26.9. The van der Waals surface area contributed by atoms with E-state index in [9.17, 15) is 9.59 Å². The number of hydrogen-bond acceptors (Lipinski definition) is 2. The molecule has 1 aromatic rings. The molecule has 0 aromatic heterocycles. The highest BCUT2D eigenvalue weighted by Gasteiger charge is 2.35. The summed E-state index contributed by atoms with van der Waals surface area (Å²) in [6.07, 6.45) is 3.24. The highest BCUT2D eigenvalue weighted by Crippen LogP contribution is 2.31. The Bertz CT molecular complexity index is 598. The Morgan fingerprint density at radius 2 is 1.88 bits per heavy atom. The fourth-order valence-electron chi connectivity index (χ4n) is 3.47. The SMILES string of the molecule is CC(C)NC(=O)N1C[C@@H](C(=O)NCC2CC2)C[C@@H](c2ccccc2)C1. The quantitative estimate of drug-likeness (QED) is 0.863. The molecule has 1 aliphatic carbocycles. The monoisotopic (exact) mass is 343 g/mol. The normalized spacial score (nSPS) is 23.4. The molecule has 0 bridgehead atoms. The van der Waals surface area contributed by atoms with Crippen molar-refractivity contribution in [1.29, 1.82) is 0 Å².